The van der Waals surface area contributed by atoms with Gasteiger partial charge in [-0.3, -0.25) is 4.79 Å². The Labute approximate surface area is 141 Å². The minimum absolute atomic E-state index is 0.107. The minimum Gasteiger partial charge on any atom is -0.481 e. The van der Waals surface area contributed by atoms with Gasteiger partial charge in [0.05, 0.1) is 5.69 Å². The van der Waals surface area contributed by atoms with Gasteiger partial charge in [-0.2, -0.15) is 0 Å². The van der Waals surface area contributed by atoms with Gasteiger partial charge in [-0.15, -0.1) is 0 Å². The van der Waals surface area contributed by atoms with E-state index in [1.807, 2.05) is 6.92 Å². The van der Waals surface area contributed by atoms with Gasteiger partial charge in [-0.05, 0) is 55.8 Å². The zero-order chi connectivity index (χ0) is 16.3. The molecular formula is C16H14BrClFNO2. The molecule has 0 heterocycles. The van der Waals surface area contributed by atoms with E-state index in [1.165, 1.54) is 12.1 Å². The van der Waals surface area contributed by atoms with Crippen molar-refractivity contribution in [1.29, 1.82) is 0 Å². The van der Waals surface area contributed by atoms with E-state index in [0.717, 1.165) is 5.56 Å². The monoisotopic (exact) mass is 385 g/mol. The molecule has 1 amide bonds. The molecular weight excluding hydrogens is 373 g/mol. The number of hydrogen-bond acceptors (Lipinski definition) is 2. The van der Waals surface area contributed by atoms with Crippen LogP contribution in [0.3, 0.4) is 0 Å². The molecule has 0 saturated carbocycles. The second-order valence-electron chi connectivity index (χ2n) is 4.78. The summed E-state index contributed by atoms with van der Waals surface area (Å²) in [5.74, 6) is -0.424. The molecule has 0 aliphatic heterocycles. The summed E-state index contributed by atoms with van der Waals surface area (Å²) < 4.78 is 19.8. The standard InChI is InChI=1S/C16H14BrClFNO2/c1-9-7-12(4-5-13(9)18)22-10(2)16(21)20-15-6-3-11(17)8-14(15)19/h3-8,10H,1-2H3,(H,20,21)/t10-/m0/s1. The van der Waals surface area contributed by atoms with E-state index in [-0.39, 0.29) is 5.69 Å². The Balaban J connectivity index is 2.04. The molecule has 2 rings (SSSR count). The second kappa shape index (κ2) is 7.11. The number of carbonyl (C=O) groups is 1. The van der Waals surface area contributed by atoms with Gasteiger partial charge < -0.3 is 10.1 Å². The van der Waals surface area contributed by atoms with E-state index < -0.39 is 17.8 Å². The number of ether oxygens (including phenoxy) is 1. The van der Waals surface area contributed by atoms with Crippen LogP contribution in [-0.4, -0.2) is 12.0 Å². The van der Waals surface area contributed by atoms with Crippen LogP contribution in [0.25, 0.3) is 0 Å². The molecule has 0 unspecified atom stereocenters. The number of carbonyl (C=O) groups excluding carboxylic acids is 1. The number of amides is 1. The third kappa shape index (κ3) is 4.21. The first kappa shape index (κ1) is 16.8. The summed E-state index contributed by atoms with van der Waals surface area (Å²) in [7, 11) is 0. The Hall–Kier alpha value is -1.59. The van der Waals surface area contributed by atoms with Crippen LogP contribution >= 0.6 is 27.5 Å². The molecule has 1 atom stereocenters. The predicted molar refractivity (Wildman–Crippen MR) is 89.0 cm³/mol. The minimum atomic E-state index is -0.774. The number of nitrogens with one attached hydrogen (secondary N) is 1. The summed E-state index contributed by atoms with van der Waals surface area (Å²) in [5, 5.41) is 3.12. The maximum absolute atomic E-state index is 13.7. The van der Waals surface area contributed by atoms with Crippen LogP contribution in [0.2, 0.25) is 5.02 Å². The SMILES string of the molecule is Cc1cc(O[C@@H](C)C(=O)Nc2ccc(Br)cc2F)ccc1Cl. The molecule has 0 aliphatic rings. The van der Waals surface area contributed by atoms with Crippen LogP contribution in [-0.2, 0) is 4.79 Å². The Kier molecular flexibility index (Phi) is 5.42. The van der Waals surface area contributed by atoms with Crippen LogP contribution in [0.1, 0.15) is 12.5 Å². The van der Waals surface area contributed by atoms with E-state index in [4.69, 9.17) is 16.3 Å². The van der Waals surface area contributed by atoms with E-state index in [2.05, 4.69) is 21.2 Å². The molecule has 0 spiro atoms. The molecule has 0 saturated heterocycles. The van der Waals surface area contributed by atoms with Crippen molar-refractivity contribution < 1.29 is 13.9 Å². The first-order chi connectivity index (χ1) is 10.4. The Morgan fingerprint density at radius 3 is 2.68 bits per heavy atom. The maximum Gasteiger partial charge on any atom is 0.265 e. The van der Waals surface area contributed by atoms with Gasteiger partial charge in [0, 0.05) is 9.50 Å². The lowest BCUT2D eigenvalue weighted by Crippen LogP contribution is -2.30. The van der Waals surface area contributed by atoms with Crippen LogP contribution in [0.15, 0.2) is 40.9 Å². The molecule has 0 aliphatic carbocycles. The summed E-state index contributed by atoms with van der Waals surface area (Å²) in [6, 6.07) is 9.53. The summed E-state index contributed by atoms with van der Waals surface area (Å²) in [6.07, 6.45) is -0.774. The van der Waals surface area contributed by atoms with Crippen LogP contribution in [0.5, 0.6) is 5.75 Å². The fourth-order valence-electron chi connectivity index (χ4n) is 1.77. The molecule has 1 N–H and O–H groups in total. The van der Waals surface area contributed by atoms with Gasteiger partial charge in [-0.1, -0.05) is 27.5 Å². The number of anilines is 1. The van der Waals surface area contributed by atoms with Crippen LogP contribution < -0.4 is 10.1 Å². The highest BCUT2D eigenvalue weighted by Gasteiger charge is 2.17. The maximum atomic E-state index is 13.7. The van der Waals surface area contributed by atoms with Crippen molar-refractivity contribution in [3.05, 3.63) is 57.3 Å². The topological polar surface area (TPSA) is 38.3 Å². The van der Waals surface area contributed by atoms with Crippen molar-refractivity contribution in [3.8, 4) is 5.75 Å². The summed E-state index contributed by atoms with van der Waals surface area (Å²) in [4.78, 5) is 12.1. The van der Waals surface area contributed by atoms with Crippen LogP contribution in [0.4, 0.5) is 10.1 Å². The van der Waals surface area contributed by atoms with Gasteiger partial charge in [0.15, 0.2) is 6.10 Å². The summed E-state index contributed by atoms with van der Waals surface area (Å²) >= 11 is 9.10. The van der Waals surface area contributed by atoms with Gasteiger partial charge >= 0.3 is 0 Å². The van der Waals surface area contributed by atoms with Gasteiger partial charge in [0.25, 0.3) is 5.91 Å². The first-order valence-corrected chi connectivity index (χ1v) is 7.72. The van der Waals surface area contributed by atoms with Crippen molar-refractivity contribution in [3.63, 3.8) is 0 Å². The number of halogens is 3. The highest BCUT2D eigenvalue weighted by atomic mass is 79.9. The molecule has 22 heavy (non-hydrogen) atoms. The van der Waals surface area contributed by atoms with E-state index in [0.29, 0.717) is 15.2 Å². The second-order valence-corrected chi connectivity index (χ2v) is 6.11. The predicted octanol–water partition coefficient (Wildman–Crippen LogP) is 4.96. The lowest BCUT2D eigenvalue weighted by molar-refractivity contribution is -0.122. The highest BCUT2D eigenvalue weighted by molar-refractivity contribution is 9.10. The molecule has 0 fully saturated rings. The summed E-state index contributed by atoms with van der Waals surface area (Å²) in [5.41, 5.74) is 0.960. The van der Waals surface area contributed by atoms with E-state index in [9.17, 15) is 9.18 Å². The van der Waals surface area contributed by atoms with Crippen LogP contribution in [0, 0.1) is 12.7 Å². The number of aryl methyl sites for hydroxylation is 1. The van der Waals surface area contributed by atoms with E-state index >= 15 is 0 Å². The Morgan fingerprint density at radius 1 is 1.32 bits per heavy atom. The molecule has 0 bridgehead atoms. The highest BCUT2D eigenvalue weighted by Crippen LogP contribution is 2.23. The van der Waals surface area contributed by atoms with Crippen molar-refractivity contribution in [2.24, 2.45) is 0 Å². The third-order valence-electron chi connectivity index (χ3n) is 3.00. The molecule has 116 valence electrons. The fraction of sp³-hybridized carbons (Fsp3) is 0.188. The molecule has 3 nitrogen and oxygen atoms in total. The number of rotatable bonds is 4. The average molecular weight is 387 g/mol. The van der Waals surface area contributed by atoms with Crippen molar-refractivity contribution in [2.75, 3.05) is 5.32 Å². The third-order valence-corrected chi connectivity index (χ3v) is 3.92. The Morgan fingerprint density at radius 2 is 2.05 bits per heavy atom. The molecule has 2 aromatic rings. The van der Waals surface area contributed by atoms with E-state index in [1.54, 1.807) is 31.2 Å². The lowest BCUT2D eigenvalue weighted by Gasteiger charge is -2.15. The lowest BCUT2D eigenvalue weighted by atomic mass is 10.2. The summed E-state index contributed by atoms with van der Waals surface area (Å²) in [6.45, 7) is 3.44. The largest absolute Gasteiger partial charge is 0.481 e. The number of hydrogen-bond donors (Lipinski definition) is 1. The zero-order valence-electron chi connectivity index (χ0n) is 12.0. The molecule has 0 aromatic heterocycles. The van der Waals surface area contributed by atoms with Crippen molar-refractivity contribution in [1.82, 2.24) is 0 Å². The number of benzene rings is 2. The first-order valence-electron chi connectivity index (χ1n) is 6.55. The fourth-order valence-corrected chi connectivity index (χ4v) is 2.22. The smallest absolute Gasteiger partial charge is 0.265 e. The zero-order valence-corrected chi connectivity index (χ0v) is 14.3. The van der Waals surface area contributed by atoms with Crippen molar-refractivity contribution >= 4 is 39.1 Å². The molecule has 0 radical (unpaired) electrons. The molecule has 6 heteroatoms. The normalized spacial score (nSPS) is 11.9. The molecule has 2 aromatic carbocycles. The quantitative estimate of drug-likeness (QED) is 0.807. The van der Waals surface area contributed by atoms with Crippen molar-refractivity contribution in [2.45, 2.75) is 20.0 Å². The van der Waals surface area contributed by atoms with Gasteiger partial charge in [0.1, 0.15) is 11.6 Å². The van der Waals surface area contributed by atoms with Gasteiger partial charge in [0.2, 0.25) is 0 Å². The average Bonchev–Trinajstić information content (AvgIpc) is 2.45. The van der Waals surface area contributed by atoms with Gasteiger partial charge in [-0.25, -0.2) is 4.39 Å². The Bertz CT molecular complexity index is 709.